The summed E-state index contributed by atoms with van der Waals surface area (Å²) in [6.45, 7) is 15.4. The smallest absolute Gasteiger partial charge is 0.410 e. The van der Waals surface area contributed by atoms with Crippen molar-refractivity contribution in [3.05, 3.63) is 34.9 Å². The molecule has 152 valence electrons. The van der Waals surface area contributed by atoms with Crippen LogP contribution in [-0.2, 0) is 9.47 Å². The van der Waals surface area contributed by atoms with E-state index < -0.39 is 17.5 Å². The molecule has 0 aromatic heterocycles. The molecule has 0 saturated carbocycles. The third-order valence-electron chi connectivity index (χ3n) is 4.93. The Balaban J connectivity index is 1.68. The van der Waals surface area contributed by atoms with Crippen LogP contribution in [0.2, 0.25) is 0 Å². The quantitative estimate of drug-likeness (QED) is 0.724. The van der Waals surface area contributed by atoms with Gasteiger partial charge in [-0.3, -0.25) is 4.90 Å². The van der Waals surface area contributed by atoms with Gasteiger partial charge in [0, 0.05) is 31.7 Å². The maximum atomic E-state index is 14.8. The molecule has 8 heteroatoms. The van der Waals surface area contributed by atoms with Crippen LogP contribution in [0.15, 0.2) is 12.1 Å². The first-order chi connectivity index (χ1) is 13.2. The third-order valence-corrected chi connectivity index (χ3v) is 4.93. The predicted octanol–water partition coefficient (Wildman–Crippen LogP) is 3.38. The minimum absolute atomic E-state index is 0.0409. The Morgan fingerprint density at radius 3 is 2.71 bits per heavy atom. The Labute approximate surface area is 164 Å². The summed E-state index contributed by atoms with van der Waals surface area (Å²) in [6, 6.07) is 3.26. The molecule has 0 aliphatic carbocycles. The summed E-state index contributed by atoms with van der Waals surface area (Å²) in [5.74, 6) is -0.374. The second-order valence-corrected chi connectivity index (χ2v) is 8.03. The molecule has 0 bridgehead atoms. The van der Waals surface area contributed by atoms with Gasteiger partial charge in [-0.2, -0.15) is 0 Å². The van der Waals surface area contributed by atoms with E-state index in [1.807, 2.05) is 20.8 Å². The monoisotopic (exact) mass is 391 g/mol. The second kappa shape index (κ2) is 7.94. The van der Waals surface area contributed by atoms with Crippen LogP contribution in [0.4, 0.5) is 14.9 Å². The van der Waals surface area contributed by atoms with Gasteiger partial charge in [-0.15, -0.1) is 0 Å². The Kier molecular flexibility index (Phi) is 5.77. The standard InChI is InChI=1S/C20H26FN3O4/c1-20(2,3)28-19(25)24-9-8-23-11-16(27-12-13(23)10-24)14-6-7-15(26-5)18(22-4)17(14)21/h6-7,13,16H,8-12H2,1-3,5H3/t13-,16-/m0/s1. The Hall–Kier alpha value is -2.37. The molecule has 28 heavy (non-hydrogen) atoms. The van der Waals surface area contributed by atoms with Gasteiger partial charge in [-0.25, -0.2) is 14.0 Å². The van der Waals surface area contributed by atoms with Crippen molar-refractivity contribution in [2.24, 2.45) is 0 Å². The average Bonchev–Trinajstić information content (AvgIpc) is 2.65. The SMILES string of the molecule is [C-]#[N+]c1c(OC)ccc([C@@H]2CN3CCN(C(=O)OC(C)(C)C)C[C@H]3CO2)c1F. The zero-order valence-electron chi connectivity index (χ0n) is 16.7. The summed E-state index contributed by atoms with van der Waals surface area (Å²) >= 11 is 0. The van der Waals surface area contributed by atoms with Gasteiger partial charge in [0.25, 0.3) is 5.69 Å². The Morgan fingerprint density at radius 2 is 2.07 bits per heavy atom. The molecule has 2 saturated heterocycles. The third kappa shape index (κ3) is 4.21. The topological polar surface area (TPSA) is 55.6 Å². The molecule has 2 aliphatic heterocycles. The number of carbonyl (C=O) groups is 1. The van der Waals surface area contributed by atoms with Crippen molar-refractivity contribution in [3.8, 4) is 5.75 Å². The number of ether oxygens (including phenoxy) is 3. The molecule has 1 amide bonds. The molecule has 3 rings (SSSR count). The molecule has 0 radical (unpaired) electrons. The van der Waals surface area contributed by atoms with Crippen LogP contribution >= 0.6 is 0 Å². The summed E-state index contributed by atoms with van der Waals surface area (Å²) in [5, 5.41) is 0. The lowest BCUT2D eigenvalue weighted by Gasteiger charge is -2.46. The summed E-state index contributed by atoms with van der Waals surface area (Å²) < 4.78 is 31.2. The van der Waals surface area contributed by atoms with Gasteiger partial charge in [0.1, 0.15) is 17.2 Å². The first kappa shape index (κ1) is 20.4. The average molecular weight is 391 g/mol. The van der Waals surface area contributed by atoms with E-state index in [9.17, 15) is 9.18 Å². The minimum Gasteiger partial charge on any atom is -0.508 e. The lowest BCUT2D eigenvalue weighted by atomic mass is 10.0. The molecule has 0 spiro atoms. The molecule has 0 unspecified atom stereocenters. The number of nitrogens with zero attached hydrogens (tertiary/aromatic N) is 3. The number of piperazine rings is 1. The van der Waals surface area contributed by atoms with E-state index >= 15 is 0 Å². The number of hydrogen-bond acceptors (Lipinski definition) is 5. The fourth-order valence-corrected chi connectivity index (χ4v) is 3.54. The maximum Gasteiger partial charge on any atom is 0.410 e. The summed E-state index contributed by atoms with van der Waals surface area (Å²) in [7, 11) is 1.41. The number of methoxy groups -OCH3 is 1. The van der Waals surface area contributed by atoms with Gasteiger partial charge in [0.2, 0.25) is 0 Å². The van der Waals surface area contributed by atoms with Gasteiger partial charge in [0.15, 0.2) is 0 Å². The zero-order valence-corrected chi connectivity index (χ0v) is 16.7. The van der Waals surface area contributed by atoms with E-state index in [1.165, 1.54) is 7.11 Å². The van der Waals surface area contributed by atoms with Crippen molar-refractivity contribution in [1.29, 1.82) is 0 Å². The summed E-state index contributed by atoms with van der Waals surface area (Å²) in [6.07, 6.45) is -0.784. The molecule has 7 nitrogen and oxygen atoms in total. The van der Waals surface area contributed by atoms with Crippen LogP contribution in [0.5, 0.6) is 5.75 Å². The Morgan fingerprint density at radius 1 is 1.32 bits per heavy atom. The van der Waals surface area contributed by atoms with Crippen molar-refractivity contribution in [2.45, 2.75) is 38.5 Å². The van der Waals surface area contributed by atoms with Crippen LogP contribution in [0, 0.1) is 12.4 Å². The molecule has 0 N–H and O–H groups in total. The van der Waals surface area contributed by atoms with Crippen LogP contribution in [0.3, 0.4) is 0 Å². The van der Waals surface area contributed by atoms with Crippen molar-refractivity contribution in [1.82, 2.24) is 9.80 Å². The molecule has 2 aliphatic rings. The molecule has 2 fully saturated rings. The summed E-state index contributed by atoms with van der Waals surface area (Å²) in [5.41, 5.74) is -0.296. The number of rotatable bonds is 2. The fourth-order valence-electron chi connectivity index (χ4n) is 3.54. The van der Waals surface area contributed by atoms with Gasteiger partial charge in [-0.1, -0.05) is 6.07 Å². The van der Waals surface area contributed by atoms with Crippen LogP contribution in [0.1, 0.15) is 32.4 Å². The lowest BCUT2D eigenvalue weighted by Crippen LogP contribution is -2.60. The highest BCUT2D eigenvalue weighted by Crippen LogP contribution is 2.37. The van der Waals surface area contributed by atoms with Crippen molar-refractivity contribution >= 4 is 11.8 Å². The maximum absolute atomic E-state index is 14.8. The minimum atomic E-state index is -0.592. The number of carbonyl (C=O) groups excluding carboxylic acids is 1. The van der Waals surface area contributed by atoms with Crippen molar-refractivity contribution in [3.63, 3.8) is 0 Å². The van der Waals surface area contributed by atoms with E-state index in [-0.39, 0.29) is 23.6 Å². The molecule has 1 aromatic carbocycles. The van der Waals surface area contributed by atoms with Crippen molar-refractivity contribution < 1.29 is 23.4 Å². The largest absolute Gasteiger partial charge is 0.508 e. The number of benzene rings is 1. The van der Waals surface area contributed by atoms with Crippen LogP contribution in [-0.4, -0.2) is 67.4 Å². The highest BCUT2D eigenvalue weighted by molar-refractivity contribution is 5.68. The molecule has 1 aromatic rings. The lowest BCUT2D eigenvalue weighted by molar-refractivity contribution is -0.0915. The van der Waals surface area contributed by atoms with E-state index in [0.717, 1.165) is 0 Å². The number of amides is 1. The number of fused-ring (bicyclic) bond motifs is 1. The number of morpholine rings is 1. The molecular formula is C20H26FN3O4. The van der Waals surface area contributed by atoms with E-state index in [2.05, 4.69) is 9.74 Å². The van der Waals surface area contributed by atoms with E-state index in [1.54, 1.807) is 17.0 Å². The molecule has 2 atom stereocenters. The van der Waals surface area contributed by atoms with E-state index in [4.69, 9.17) is 20.8 Å². The summed E-state index contributed by atoms with van der Waals surface area (Å²) in [4.78, 5) is 19.5. The van der Waals surface area contributed by atoms with Gasteiger partial charge in [0.05, 0.1) is 32.4 Å². The Bertz CT molecular complexity index is 787. The van der Waals surface area contributed by atoms with Gasteiger partial charge >= 0.3 is 6.09 Å². The fraction of sp³-hybridized carbons (Fsp3) is 0.600. The first-order valence-corrected chi connectivity index (χ1v) is 9.31. The van der Waals surface area contributed by atoms with Gasteiger partial charge < -0.3 is 19.1 Å². The molecular weight excluding hydrogens is 365 g/mol. The van der Waals surface area contributed by atoms with Gasteiger partial charge in [-0.05, 0) is 26.8 Å². The van der Waals surface area contributed by atoms with E-state index in [0.29, 0.717) is 38.3 Å². The van der Waals surface area contributed by atoms with Crippen LogP contribution in [0.25, 0.3) is 4.85 Å². The number of halogens is 1. The number of hydrogen-bond donors (Lipinski definition) is 0. The van der Waals surface area contributed by atoms with Crippen LogP contribution < -0.4 is 4.74 Å². The van der Waals surface area contributed by atoms with Crippen molar-refractivity contribution in [2.75, 3.05) is 39.9 Å². The molecule has 2 heterocycles. The predicted molar refractivity (Wildman–Crippen MR) is 101 cm³/mol. The highest BCUT2D eigenvalue weighted by Gasteiger charge is 2.37. The second-order valence-electron chi connectivity index (χ2n) is 8.03. The first-order valence-electron chi connectivity index (χ1n) is 9.31. The highest BCUT2D eigenvalue weighted by atomic mass is 19.1. The normalized spacial score (nSPS) is 22.9. The zero-order chi connectivity index (χ0) is 20.5.